The molecule has 2 rings (SSSR count). The second-order valence-electron chi connectivity index (χ2n) is 4.31. The lowest BCUT2D eigenvalue weighted by molar-refractivity contribution is 0.174. The highest BCUT2D eigenvalue weighted by molar-refractivity contribution is 5.56. The summed E-state index contributed by atoms with van der Waals surface area (Å²) >= 11 is 0. The van der Waals surface area contributed by atoms with Gasteiger partial charge in [0.15, 0.2) is 11.5 Å². The molecule has 0 amide bonds. The maximum atomic E-state index is 5.35. The lowest BCUT2D eigenvalue weighted by Crippen LogP contribution is -2.22. The molecule has 3 nitrogen and oxygen atoms in total. The van der Waals surface area contributed by atoms with Crippen molar-refractivity contribution in [2.75, 3.05) is 25.3 Å². The van der Waals surface area contributed by atoms with E-state index in [-0.39, 0.29) is 0 Å². The van der Waals surface area contributed by atoms with Gasteiger partial charge in [0.25, 0.3) is 0 Å². The van der Waals surface area contributed by atoms with E-state index in [9.17, 15) is 0 Å². The van der Waals surface area contributed by atoms with Gasteiger partial charge in [0.05, 0.1) is 0 Å². The van der Waals surface area contributed by atoms with E-state index in [2.05, 4.69) is 31.9 Å². The molecule has 0 bridgehead atoms. The van der Waals surface area contributed by atoms with Crippen molar-refractivity contribution in [1.82, 2.24) is 0 Å². The minimum atomic E-state index is 0.340. The van der Waals surface area contributed by atoms with Gasteiger partial charge in [-0.15, -0.1) is 0 Å². The second kappa shape index (κ2) is 4.01. The first-order chi connectivity index (χ1) is 7.16. The molecular formula is C12H17NO2. The van der Waals surface area contributed by atoms with Crippen LogP contribution >= 0.6 is 0 Å². The minimum absolute atomic E-state index is 0.340. The van der Waals surface area contributed by atoms with Gasteiger partial charge in [0, 0.05) is 25.3 Å². The molecule has 0 unspecified atom stereocenters. The standard InChI is InChI=1S/C12H17NO2/c1-9(2)7-13(3)10-4-5-11-12(6-10)15-8-14-11/h4-6,9H,7-8H2,1-3H3. The van der Waals surface area contributed by atoms with Gasteiger partial charge in [-0.05, 0) is 18.1 Å². The van der Waals surface area contributed by atoms with Gasteiger partial charge in [-0.3, -0.25) is 0 Å². The molecule has 0 N–H and O–H groups in total. The van der Waals surface area contributed by atoms with Gasteiger partial charge < -0.3 is 14.4 Å². The SMILES string of the molecule is CC(C)CN(C)c1ccc2c(c1)OCO2. The van der Waals surface area contributed by atoms with E-state index >= 15 is 0 Å². The molecule has 0 aliphatic carbocycles. The zero-order valence-electron chi connectivity index (χ0n) is 9.49. The van der Waals surface area contributed by atoms with Gasteiger partial charge in [-0.25, -0.2) is 0 Å². The number of benzene rings is 1. The Morgan fingerprint density at radius 1 is 1.27 bits per heavy atom. The zero-order chi connectivity index (χ0) is 10.8. The average molecular weight is 207 g/mol. The predicted molar refractivity (Wildman–Crippen MR) is 60.7 cm³/mol. The van der Waals surface area contributed by atoms with E-state index in [1.54, 1.807) is 0 Å². The molecule has 1 aliphatic heterocycles. The summed E-state index contributed by atoms with van der Waals surface area (Å²) in [6, 6.07) is 6.06. The summed E-state index contributed by atoms with van der Waals surface area (Å²) in [5.41, 5.74) is 1.17. The van der Waals surface area contributed by atoms with Crippen LogP contribution in [0.3, 0.4) is 0 Å². The maximum absolute atomic E-state index is 5.35. The Hall–Kier alpha value is -1.38. The average Bonchev–Trinajstić information content (AvgIpc) is 2.62. The third kappa shape index (κ3) is 2.17. The summed E-state index contributed by atoms with van der Waals surface area (Å²) < 4.78 is 10.6. The van der Waals surface area contributed by atoms with Crippen LogP contribution in [-0.2, 0) is 0 Å². The highest BCUT2D eigenvalue weighted by atomic mass is 16.7. The van der Waals surface area contributed by atoms with Gasteiger partial charge in [0.1, 0.15) is 0 Å². The molecule has 1 aromatic rings. The third-order valence-electron chi connectivity index (χ3n) is 2.44. The molecule has 0 saturated heterocycles. The largest absolute Gasteiger partial charge is 0.454 e. The van der Waals surface area contributed by atoms with Crippen LogP contribution in [0.1, 0.15) is 13.8 Å². The Balaban J connectivity index is 2.15. The number of ether oxygens (including phenoxy) is 2. The predicted octanol–water partition coefficient (Wildman–Crippen LogP) is 2.51. The molecule has 0 spiro atoms. The van der Waals surface area contributed by atoms with Crippen LogP contribution in [0.4, 0.5) is 5.69 Å². The molecule has 3 heteroatoms. The number of fused-ring (bicyclic) bond motifs is 1. The Labute approximate surface area is 90.6 Å². The monoisotopic (exact) mass is 207 g/mol. The fourth-order valence-electron chi connectivity index (χ4n) is 1.78. The molecule has 0 fully saturated rings. The molecule has 0 aromatic heterocycles. The third-order valence-corrected chi connectivity index (χ3v) is 2.44. The number of anilines is 1. The molecule has 1 aliphatic rings. The van der Waals surface area contributed by atoms with Crippen molar-refractivity contribution < 1.29 is 9.47 Å². The fraction of sp³-hybridized carbons (Fsp3) is 0.500. The lowest BCUT2D eigenvalue weighted by atomic mass is 10.2. The van der Waals surface area contributed by atoms with Crippen LogP contribution in [0.2, 0.25) is 0 Å². The summed E-state index contributed by atoms with van der Waals surface area (Å²) in [7, 11) is 2.09. The van der Waals surface area contributed by atoms with Crippen molar-refractivity contribution >= 4 is 5.69 Å². The normalized spacial score (nSPS) is 13.3. The van der Waals surface area contributed by atoms with Crippen molar-refractivity contribution in [2.24, 2.45) is 5.92 Å². The van der Waals surface area contributed by atoms with Crippen LogP contribution in [0.25, 0.3) is 0 Å². The fourth-order valence-corrected chi connectivity index (χ4v) is 1.78. The molecular weight excluding hydrogens is 190 g/mol. The number of nitrogens with zero attached hydrogens (tertiary/aromatic N) is 1. The second-order valence-corrected chi connectivity index (χ2v) is 4.31. The quantitative estimate of drug-likeness (QED) is 0.760. The highest BCUT2D eigenvalue weighted by Gasteiger charge is 2.14. The first-order valence-electron chi connectivity index (χ1n) is 5.27. The number of hydrogen-bond donors (Lipinski definition) is 0. The van der Waals surface area contributed by atoms with Gasteiger partial charge in [-0.1, -0.05) is 13.8 Å². The molecule has 1 aromatic carbocycles. The lowest BCUT2D eigenvalue weighted by Gasteiger charge is -2.21. The van der Waals surface area contributed by atoms with E-state index in [4.69, 9.17) is 9.47 Å². The van der Waals surface area contributed by atoms with Crippen LogP contribution in [0, 0.1) is 5.92 Å². The Bertz CT molecular complexity index is 349. The topological polar surface area (TPSA) is 21.7 Å². The molecule has 82 valence electrons. The molecule has 0 radical (unpaired) electrons. The van der Waals surface area contributed by atoms with Crippen molar-refractivity contribution in [3.63, 3.8) is 0 Å². The minimum Gasteiger partial charge on any atom is -0.454 e. The summed E-state index contributed by atoms with van der Waals surface area (Å²) in [6.45, 7) is 5.80. The maximum Gasteiger partial charge on any atom is 0.231 e. The molecule has 0 atom stereocenters. The Kier molecular flexibility index (Phi) is 2.71. The van der Waals surface area contributed by atoms with Gasteiger partial charge in [-0.2, -0.15) is 0 Å². The summed E-state index contributed by atoms with van der Waals surface area (Å²) in [6.07, 6.45) is 0. The smallest absolute Gasteiger partial charge is 0.231 e. The van der Waals surface area contributed by atoms with E-state index in [1.807, 2.05) is 12.1 Å². The van der Waals surface area contributed by atoms with Gasteiger partial charge in [0.2, 0.25) is 6.79 Å². The van der Waals surface area contributed by atoms with E-state index in [0.717, 1.165) is 18.0 Å². The number of hydrogen-bond acceptors (Lipinski definition) is 3. The number of rotatable bonds is 3. The Morgan fingerprint density at radius 2 is 2.00 bits per heavy atom. The zero-order valence-corrected chi connectivity index (χ0v) is 9.49. The molecule has 0 saturated carbocycles. The summed E-state index contributed by atoms with van der Waals surface area (Å²) in [5.74, 6) is 2.35. The molecule has 1 heterocycles. The van der Waals surface area contributed by atoms with Crippen molar-refractivity contribution in [3.05, 3.63) is 18.2 Å². The van der Waals surface area contributed by atoms with E-state index in [0.29, 0.717) is 12.7 Å². The van der Waals surface area contributed by atoms with Crippen LogP contribution in [0.5, 0.6) is 11.5 Å². The summed E-state index contributed by atoms with van der Waals surface area (Å²) in [5, 5.41) is 0. The first kappa shape index (κ1) is 10.1. The first-order valence-corrected chi connectivity index (χ1v) is 5.27. The van der Waals surface area contributed by atoms with Crippen molar-refractivity contribution in [1.29, 1.82) is 0 Å². The van der Waals surface area contributed by atoms with Gasteiger partial charge >= 0.3 is 0 Å². The van der Waals surface area contributed by atoms with Crippen molar-refractivity contribution in [3.8, 4) is 11.5 Å². The van der Waals surface area contributed by atoms with E-state index in [1.165, 1.54) is 5.69 Å². The van der Waals surface area contributed by atoms with Crippen LogP contribution in [-0.4, -0.2) is 20.4 Å². The van der Waals surface area contributed by atoms with Crippen LogP contribution in [0.15, 0.2) is 18.2 Å². The molecule has 15 heavy (non-hydrogen) atoms. The Morgan fingerprint density at radius 3 is 2.73 bits per heavy atom. The van der Waals surface area contributed by atoms with Crippen LogP contribution < -0.4 is 14.4 Å². The van der Waals surface area contributed by atoms with Crippen molar-refractivity contribution in [2.45, 2.75) is 13.8 Å². The van der Waals surface area contributed by atoms with E-state index < -0.39 is 0 Å². The summed E-state index contributed by atoms with van der Waals surface area (Å²) in [4.78, 5) is 2.23. The highest BCUT2D eigenvalue weighted by Crippen LogP contribution is 2.35.